The first-order valence-electron chi connectivity index (χ1n) is 7.36. The van der Waals surface area contributed by atoms with Crippen LogP contribution in [0, 0.1) is 0 Å². The van der Waals surface area contributed by atoms with Crippen LogP contribution in [0.4, 0.5) is 0 Å². The van der Waals surface area contributed by atoms with Gasteiger partial charge in [0.15, 0.2) is 0 Å². The zero-order valence-corrected chi connectivity index (χ0v) is 12.5. The number of imidazole rings is 1. The molecule has 0 aliphatic carbocycles. The Bertz CT molecular complexity index is 780. The van der Waals surface area contributed by atoms with E-state index in [0.29, 0.717) is 18.7 Å². The minimum Gasteiger partial charge on any atom is -0.508 e. The molecule has 3 rings (SSSR count). The van der Waals surface area contributed by atoms with E-state index in [2.05, 4.69) is 10.3 Å². The molecule has 0 bridgehead atoms. The number of nitrogens with one attached hydrogen (secondary N) is 1. The van der Waals surface area contributed by atoms with E-state index in [-0.39, 0.29) is 11.7 Å². The maximum atomic E-state index is 12.2. The summed E-state index contributed by atoms with van der Waals surface area (Å²) >= 11 is 0. The molecule has 2 N–H and O–H groups in total. The van der Waals surface area contributed by atoms with E-state index in [1.54, 1.807) is 30.7 Å². The second kappa shape index (κ2) is 6.79. The predicted molar refractivity (Wildman–Crippen MR) is 88.1 cm³/mol. The molecule has 23 heavy (non-hydrogen) atoms. The van der Waals surface area contributed by atoms with Gasteiger partial charge in [-0.25, -0.2) is 4.98 Å². The van der Waals surface area contributed by atoms with E-state index in [0.717, 1.165) is 11.1 Å². The molecule has 5 heteroatoms. The number of carbonyl (C=O) groups excluding carboxylic acids is 1. The Morgan fingerprint density at radius 3 is 2.70 bits per heavy atom. The van der Waals surface area contributed by atoms with Crippen molar-refractivity contribution in [3.8, 4) is 16.9 Å². The summed E-state index contributed by atoms with van der Waals surface area (Å²) in [5.74, 6) is 0.118. The highest BCUT2D eigenvalue weighted by Crippen LogP contribution is 2.22. The maximum Gasteiger partial charge on any atom is 0.251 e. The first kappa shape index (κ1) is 14.8. The zero-order valence-electron chi connectivity index (χ0n) is 12.5. The quantitative estimate of drug-likeness (QED) is 0.761. The van der Waals surface area contributed by atoms with Crippen LogP contribution in [0.5, 0.6) is 5.75 Å². The van der Waals surface area contributed by atoms with Gasteiger partial charge in [-0.1, -0.05) is 24.3 Å². The topological polar surface area (TPSA) is 67.2 Å². The fourth-order valence-electron chi connectivity index (χ4n) is 2.31. The summed E-state index contributed by atoms with van der Waals surface area (Å²) in [7, 11) is 0. The zero-order chi connectivity index (χ0) is 16.1. The molecular weight excluding hydrogens is 290 g/mol. The number of aromatic nitrogens is 2. The lowest BCUT2D eigenvalue weighted by atomic mass is 10.0. The fraction of sp³-hybridized carbons (Fsp3) is 0.111. The van der Waals surface area contributed by atoms with Gasteiger partial charge in [0.2, 0.25) is 0 Å². The van der Waals surface area contributed by atoms with Crippen molar-refractivity contribution in [2.45, 2.75) is 6.54 Å². The minimum atomic E-state index is -0.106. The third-order valence-corrected chi connectivity index (χ3v) is 3.54. The highest BCUT2D eigenvalue weighted by Gasteiger charge is 2.07. The summed E-state index contributed by atoms with van der Waals surface area (Å²) in [6, 6.07) is 14.3. The van der Waals surface area contributed by atoms with Crippen LogP contribution in [0.2, 0.25) is 0 Å². The standard InChI is InChI=1S/C18H17N3O2/c22-17-6-4-14(5-7-17)15-2-1-3-16(12-15)18(23)20-9-11-21-10-8-19-13-21/h1-8,10,12-13,22H,9,11H2,(H,20,23). The largest absolute Gasteiger partial charge is 0.508 e. The van der Waals surface area contributed by atoms with Crippen LogP contribution in [0.25, 0.3) is 11.1 Å². The van der Waals surface area contributed by atoms with Gasteiger partial charge in [-0.2, -0.15) is 0 Å². The van der Waals surface area contributed by atoms with Crippen LogP contribution in [-0.4, -0.2) is 27.1 Å². The molecule has 3 aromatic rings. The summed E-state index contributed by atoms with van der Waals surface area (Å²) in [6.07, 6.45) is 5.29. The molecular formula is C18H17N3O2. The van der Waals surface area contributed by atoms with Crippen molar-refractivity contribution in [2.75, 3.05) is 6.54 Å². The van der Waals surface area contributed by atoms with E-state index in [1.807, 2.05) is 41.1 Å². The summed E-state index contributed by atoms with van der Waals surface area (Å²) in [5, 5.41) is 12.2. The second-order valence-electron chi connectivity index (χ2n) is 5.18. The normalized spacial score (nSPS) is 10.4. The average Bonchev–Trinajstić information content (AvgIpc) is 3.09. The Morgan fingerprint density at radius 1 is 1.13 bits per heavy atom. The molecule has 0 saturated carbocycles. The van der Waals surface area contributed by atoms with Gasteiger partial charge < -0.3 is 15.0 Å². The van der Waals surface area contributed by atoms with Gasteiger partial charge >= 0.3 is 0 Å². The lowest BCUT2D eigenvalue weighted by Gasteiger charge is -2.08. The van der Waals surface area contributed by atoms with E-state index >= 15 is 0 Å². The molecule has 1 amide bonds. The van der Waals surface area contributed by atoms with Gasteiger partial charge in [-0.05, 0) is 35.4 Å². The SMILES string of the molecule is O=C(NCCn1ccnc1)c1cccc(-c2ccc(O)cc2)c1. The summed E-state index contributed by atoms with van der Waals surface area (Å²) in [4.78, 5) is 16.2. The Morgan fingerprint density at radius 2 is 1.96 bits per heavy atom. The number of aromatic hydroxyl groups is 1. The Balaban J connectivity index is 1.66. The molecule has 0 radical (unpaired) electrons. The fourth-order valence-corrected chi connectivity index (χ4v) is 2.31. The number of amides is 1. The van der Waals surface area contributed by atoms with Crippen LogP contribution < -0.4 is 5.32 Å². The number of hydrogen-bond acceptors (Lipinski definition) is 3. The number of rotatable bonds is 5. The van der Waals surface area contributed by atoms with Crippen LogP contribution in [-0.2, 0) is 6.54 Å². The monoisotopic (exact) mass is 307 g/mol. The molecule has 5 nitrogen and oxygen atoms in total. The van der Waals surface area contributed by atoms with Gasteiger partial charge in [0, 0.05) is 31.0 Å². The van der Waals surface area contributed by atoms with Crippen molar-refractivity contribution in [1.82, 2.24) is 14.9 Å². The molecule has 1 heterocycles. The predicted octanol–water partition coefficient (Wildman–Crippen LogP) is 2.69. The smallest absolute Gasteiger partial charge is 0.251 e. The molecule has 0 aliphatic rings. The number of carbonyl (C=O) groups is 1. The third-order valence-electron chi connectivity index (χ3n) is 3.54. The van der Waals surface area contributed by atoms with Gasteiger partial charge in [-0.15, -0.1) is 0 Å². The molecule has 2 aromatic carbocycles. The van der Waals surface area contributed by atoms with Crippen molar-refractivity contribution in [3.05, 3.63) is 72.8 Å². The molecule has 0 saturated heterocycles. The van der Waals surface area contributed by atoms with Crippen molar-refractivity contribution in [2.24, 2.45) is 0 Å². The van der Waals surface area contributed by atoms with Crippen LogP contribution >= 0.6 is 0 Å². The summed E-state index contributed by atoms with van der Waals surface area (Å²) in [6.45, 7) is 1.22. The number of nitrogens with zero attached hydrogens (tertiary/aromatic N) is 2. The maximum absolute atomic E-state index is 12.2. The first-order chi connectivity index (χ1) is 11.2. The molecule has 0 aliphatic heterocycles. The van der Waals surface area contributed by atoms with Crippen LogP contribution in [0.3, 0.4) is 0 Å². The Hall–Kier alpha value is -3.08. The molecule has 0 atom stereocenters. The van der Waals surface area contributed by atoms with Crippen molar-refractivity contribution in [3.63, 3.8) is 0 Å². The lowest BCUT2D eigenvalue weighted by molar-refractivity contribution is 0.0952. The van der Waals surface area contributed by atoms with Gasteiger partial charge in [0.25, 0.3) is 5.91 Å². The summed E-state index contributed by atoms with van der Waals surface area (Å²) < 4.78 is 1.91. The van der Waals surface area contributed by atoms with Gasteiger partial charge in [0.1, 0.15) is 5.75 Å². The molecule has 116 valence electrons. The van der Waals surface area contributed by atoms with E-state index in [1.165, 1.54) is 0 Å². The first-order valence-corrected chi connectivity index (χ1v) is 7.36. The highest BCUT2D eigenvalue weighted by atomic mass is 16.3. The van der Waals surface area contributed by atoms with Crippen molar-refractivity contribution < 1.29 is 9.90 Å². The minimum absolute atomic E-state index is 0.106. The van der Waals surface area contributed by atoms with E-state index < -0.39 is 0 Å². The van der Waals surface area contributed by atoms with Crippen LogP contribution in [0.1, 0.15) is 10.4 Å². The number of benzene rings is 2. The van der Waals surface area contributed by atoms with E-state index in [4.69, 9.17) is 0 Å². The molecule has 1 aromatic heterocycles. The molecule has 0 spiro atoms. The number of phenols is 1. The summed E-state index contributed by atoms with van der Waals surface area (Å²) in [5.41, 5.74) is 2.50. The third kappa shape index (κ3) is 3.77. The molecule has 0 fully saturated rings. The van der Waals surface area contributed by atoms with Crippen molar-refractivity contribution >= 4 is 5.91 Å². The number of phenolic OH excluding ortho intramolecular Hbond substituents is 1. The van der Waals surface area contributed by atoms with Gasteiger partial charge in [-0.3, -0.25) is 4.79 Å². The number of hydrogen-bond donors (Lipinski definition) is 2. The second-order valence-corrected chi connectivity index (χ2v) is 5.18. The Kier molecular flexibility index (Phi) is 4.38. The van der Waals surface area contributed by atoms with Crippen LogP contribution in [0.15, 0.2) is 67.3 Å². The lowest BCUT2D eigenvalue weighted by Crippen LogP contribution is -2.26. The average molecular weight is 307 g/mol. The highest BCUT2D eigenvalue weighted by molar-refractivity contribution is 5.95. The Labute approximate surface area is 134 Å². The molecule has 0 unspecified atom stereocenters. The van der Waals surface area contributed by atoms with Crippen molar-refractivity contribution in [1.29, 1.82) is 0 Å². The van der Waals surface area contributed by atoms with Gasteiger partial charge in [0.05, 0.1) is 6.33 Å². The van der Waals surface area contributed by atoms with E-state index in [9.17, 15) is 9.90 Å².